The molecule has 1 amide bonds. The summed E-state index contributed by atoms with van der Waals surface area (Å²) in [6.45, 7) is -0.0678. The number of carbonyl (C=O) groups is 1. The Balaban J connectivity index is 2.03. The number of anilines is 1. The largest absolute Gasteiger partial charge is 0.481 e. The molecule has 0 fully saturated rings. The normalized spacial score (nSPS) is 12.1. The van der Waals surface area contributed by atoms with Crippen molar-refractivity contribution in [1.82, 2.24) is 10.3 Å². The number of halogens is 4. The molecule has 1 aromatic carbocycles. The van der Waals surface area contributed by atoms with Gasteiger partial charge in [0.1, 0.15) is 11.5 Å². The van der Waals surface area contributed by atoms with Gasteiger partial charge in [0.25, 0.3) is 0 Å². The first-order valence-electron chi connectivity index (χ1n) is 8.23. The van der Waals surface area contributed by atoms with Crippen molar-refractivity contribution >= 4 is 27.7 Å². The summed E-state index contributed by atoms with van der Waals surface area (Å²) in [4.78, 5) is 15.3. The molecule has 2 aromatic rings. The van der Waals surface area contributed by atoms with E-state index < -0.39 is 33.6 Å². The Kier molecular flexibility index (Phi) is 7.03. The van der Waals surface area contributed by atoms with Gasteiger partial charge in [-0.1, -0.05) is 6.07 Å². The SMILES string of the molecule is COc1nc(C(F)(F)F)ccc1C=CC(=O)NCc1ccc(NS(C)(=O)=O)c(F)c1. The number of nitrogens with zero attached hydrogens (tertiary/aromatic N) is 1. The zero-order valence-electron chi connectivity index (χ0n) is 15.7. The van der Waals surface area contributed by atoms with Crippen molar-refractivity contribution in [2.24, 2.45) is 0 Å². The van der Waals surface area contributed by atoms with E-state index in [4.69, 9.17) is 4.74 Å². The van der Waals surface area contributed by atoms with Crippen molar-refractivity contribution in [2.75, 3.05) is 18.1 Å². The highest BCUT2D eigenvalue weighted by atomic mass is 32.2. The van der Waals surface area contributed by atoms with Crippen LogP contribution in [0.2, 0.25) is 0 Å². The van der Waals surface area contributed by atoms with Crippen LogP contribution in [0.25, 0.3) is 6.08 Å². The van der Waals surface area contributed by atoms with Gasteiger partial charge in [-0.3, -0.25) is 9.52 Å². The number of hydrogen-bond acceptors (Lipinski definition) is 5. The van der Waals surface area contributed by atoms with Gasteiger partial charge < -0.3 is 10.1 Å². The summed E-state index contributed by atoms with van der Waals surface area (Å²) in [5.74, 6) is -1.72. The van der Waals surface area contributed by atoms with Crippen molar-refractivity contribution in [3.05, 3.63) is 59.0 Å². The maximum Gasteiger partial charge on any atom is 0.433 e. The number of amides is 1. The third-order valence-corrected chi connectivity index (χ3v) is 4.17. The minimum Gasteiger partial charge on any atom is -0.481 e. The van der Waals surface area contributed by atoms with Gasteiger partial charge in [0.15, 0.2) is 0 Å². The van der Waals surface area contributed by atoms with Crippen LogP contribution in [0.1, 0.15) is 16.8 Å². The monoisotopic (exact) mass is 447 g/mol. The second-order valence-corrected chi connectivity index (χ2v) is 7.78. The molecule has 0 radical (unpaired) electrons. The Labute approximate surface area is 169 Å². The van der Waals surface area contributed by atoms with Crippen molar-refractivity contribution in [3.63, 3.8) is 0 Å². The maximum absolute atomic E-state index is 13.9. The number of ether oxygens (including phenoxy) is 1. The van der Waals surface area contributed by atoms with Gasteiger partial charge in [-0.2, -0.15) is 13.2 Å². The van der Waals surface area contributed by atoms with Crippen LogP contribution in [0.4, 0.5) is 23.2 Å². The van der Waals surface area contributed by atoms with Crippen molar-refractivity contribution in [3.8, 4) is 5.88 Å². The van der Waals surface area contributed by atoms with Crippen LogP contribution in [-0.2, 0) is 27.5 Å². The molecule has 0 spiro atoms. The molecule has 2 rings (SSSR count). The molecule has 162 valence electrons. The lowest BCUT2D eigenvalue weighted by molar-refractivity contribution is -0.141. The highest BCUT2D eigenvalue weighted by Gasteiger charge is 2.33. The predicted octanol–water partition coefficient (Wildman–Crippen LogP) is 2.95. The minimum absolute atomic E-state index is 0.0678. The van der Waals surface area contributed by atoms with Gasteiger partial charge in [-0.25, -0.2) is 17.8 Å². The third kappa shape index (κ3) is 6.72. The summed E-state index contributed by atoms with van der Waals surface area (Å²) >= 11 is 0. The Bertz CT molecular complexity index is 1070. The molecule has 0 unspecified atom stereocenters. The number of hydrogen-bond donors (Lipinski definition) is 2. The molecule has 2 N–H and O–H groups in total. The number of carbonyl (C=O) groups excluding carboxylic acids is 1. The van der Waals surface area contributed by atoms with Crippen LogP contribution in [0.5, 0.6) is 5.88 Å². The van der Waals surface area contributed by atoms with Crippen LogP contribution < -0.4 is 14.8 Å². The Morgan fingerprint density at radius 3 is 2.50 bits per heavy atom. The third-order valence-electron chi connectivity index (χ3n) is 3.58. The van der Waals surface area contributed by atoms with E-state index in [1.807, 2.05) is 4.72 Å². The van der Waals surface area contributed by atoms with E-state index in [1.165, 1.54) is 18.2 Å². The smallest absolute Gasteiger partial charge is 0.433 e. The molecule has 0 atom stereocenters. The fourth-order valence-corrected chi connectivity index (χ4v) is 2.83. The Morgan fingerprint density at radius 2 is 1.93 bits per heavy atom. The van der Waals surface area contributed by atoms with Gasteiger partial charge in [-0.05, 0) is 35.9 Å². The highest BCUT2D eigenvalue weighted by Crippen LogP contribution is 2.30. The molecule has 1 heterocycles. The number of nitrogens with one attached hydrogen (secondary N) is 2. The average molecular weight is 447 g/mol. The first kappa shape index (κ1) is 23.1. The summed E-state index contributed by atoms with van der Waals surface area (Å²) < 4.78 is 81.1. The number of aromatic nitrogens is 1. The van der Waals surface area contributed by atoms with Crippen LogP contribution in [-0.4, -0.2) is 32.7 Å². The molecule has 30 heavy (non-hydrogen) atoms. The number of pyridine rings is 1. The summed E-state index contributed by atoms with van der Waals surface area (Å²) in [7, 11) is -2.49. The Hall–Kier alpha value is -3.15. The molecule has 12 heteroatoms. The predicted molar refractivity (Wildman–Crippen MR) is 102 cm³/mol. The van der Waals surface area contributed by atoms with Gasteiger partial charge in [0.05, 0.1) is 19.1 Å². The summed E-state index contributed by atoms with van der Waals surface area (Å²) in [6, 6.07) is 5.56. The molecule has 0 saturated carbocycles. The van der Waals surface area contributed by atoms with Gasteiger partial charge >= 0.3 is 6.18 Å². The number of benzene rings is 1. The van der Waals surface area contributed by atoms with E-state index in [9.17, 15) is 30.8 Å². The van der Waals surface area contributed by atoms with Crippen LogP contribution in [0.15, 0.2) is 36.4 Å². The fraction of sp³-hybridized carbons (Fsp3) is 0.222. The lowest BCUT2D eigenvalue weighted by Gasteiger charge is -2.09. The van der Waals surface area contributed by atoms with Gasteiger partial charge in [-0.15, -0.1) is 0 Å². The van der Waals surface area contributed by atoms with Crippen molar-refractivity contribution in [2.45, 2.75) is 12.7 Å². The number of sulfonamides is 1. The molecule has 1 aromatic heterocycles. The van der Waals surface area contributed by atoms with E-state index in [1.54, 1.807) is 0 Å². The van der Waals surface area contributed by atoms with Crippen LogP contribution in [0, 0.1) is 5.82 Å². The molecule has 0 aliphatic carbocycles. The summed E-state index contributed by atoms with van der Waals surface area (Å²) in [5, 5.41) is 2.46. The van der Waals surface area contributed by atoms with Crippen molar-refractivity contribution in [1.29, 1.82) is 0 Å². The zero-order valence-corrected chi connectivity index (χ0v) is 16.6. The first-order valence-corrected chi connectivity index (χ1v) is 10.1. The molecule has 0 aliphatic heterocycles. The highest BCUT2D eigenvalue weighted by molar-refractivity contribution is 7.92. The fourth-order valence-electron chi connectivity index (χ4n) is 2.26. The average Bonchev–Trinajstić information content (AvgIpc) is 2.64. The second kappa shape index (κ2) is 9.11. The lowest BCUT2D eigenvalue weighted by atomic mass is 10.2. The number of methoxy groups -OCH3 is 1. The lowest BCUT2D eigenvalue weighted by Crippen LogP contribution is -2.20. The minimum atomic E-state index is -4.63. The number of alkyl halides is 3. The van der Waals surface area contributed by atoms with E-state index in [0.717, 1.165) is 37.6 Å². The molecule has 7 nitrogen and oxygen atoms in total. The maximum atomic E-state index is 13.9. The molecule has 0 aliphatic rings. The van der Waals surface area contributed by atoms with Gasteiger partial charge in [0.2, 0.25) is 21.8 Å². The quantitative estimate of drug-likeness (QED) is 0.503. The second-order valence-electron chi connectivity index (χ2n) is 6.03. The molecule has 0 bridgehead atoms. The zero-order chi connectivity index (χ0) is 22.5. The van der Waals surface area contributed by atoms with Crippen LogP contribution >= 0.6 is 0 Å². The molecular formula is C18H17F4N3O4S. The number of rotatable bonds is 7. The molecule has 0 saturated heterocycles. The van der Waals surface area contributed by atoms with E-state index in [0.29, 0.717) is 5.56 Å². The van der Waals surface area contributed by atoms with Crippen molar-refractivity contribution < 1.29 is 35.5 Å². The summed E-state index contributed by atoms with van der Waals surface area (Å²) in [6.07, 6.45) is -1.47. The molecular weight excluding hydrogens is 430 g/mol. The van der Waals surface area contributed by atoms with Crippen LogP contribution in [0.3, 0.4) is 0 Å². The summed E-state index contributed by atoms with van der Waals surface area (Å²) in [5.41, 5.74) is -0.837. The topological polar surface area (TPSA) is 97.4 Å². The van der Waals surface area contributed by atoms with E-state index >= 15 is 0 Å². The Morgan fingerprint density at radius 1 is 1.23 bits per heavy atom. The van der Waals surface area contributed by atoms with E-state index in [-0.39, 0.29) is 23.7 Å². The standard InChI is InChI=1S/C18H17F4N3O4S/c1-29-17-12(4-7-15(24-17)18(20,21)22)5-8-16(26)23-10-11-3-6-14(13(19)9-11)25-30(2,27)28/h3-9,25H,10H2,1-2H3,(H,23,26). The van der Waals surface area contributed by atoms with Gasteiger partial charge in [0, 0.05) is 18.2 Å². The van der Waals surface area contributed by atoms with E-state index in [2.05, 4.69) is 10.3 Å². The first-order chi connectivity index (χ1) is 13.9.